The molecule has 0 aromatic carbocycles. The smallest absolute Gasteiger partial charge is 0.329 e. The van der Waals surface area contributed by atoms with Gasteiger partial charge in [0.1, 0.15) is 5.82 Å². The van der Waals surface area contributed by atoms with Crippen molar-refractivity contribution in [3.8, 4) is 0 Å². The number of nitrogens with zero attached hydrogens (tertiary/aromatic N) is 2. The third kappa shape index (κ3) is 2.37. The summed E-state index contributed by atoms with van der Waals surface area (Å²) < 4.78 is 1.28. The first-order chi connectivity index (χ1) is 8.49. The Morgan fingerprint density at radius 1 is 1.56 bits per heavy atom. The van der Waals surface area contributed by atoms with Gasteiger partial charge >= 0.3 is 11.7 Å². The molecule has 0 atom stereocenters. The van der Waals surface area contributed by atoms with Crippen LogP contribution in [-0.2, 0) is 18.3 Å². The van der Waals surface area contributed by atoms with Crippen molar-refractivity contribution < 1.29 is 9.90 Å². The molecule has 7 nitrogen and oxygen atoms in total. The summed E-state index contributed by atoms with van der Waals surface area (Å²) in [6, 6.07) is 0. The number of aromatic nitrogens is 2. The van der Waals surface area contributed by atoms with E-state index >= 15 is 0 Å². The van der Waals surface area contributed by atoms with E-state index in [1.54, 1.807) is 0 Å². The number of rotatable bonds is 4. The Balaban J connectivity index is 2.20. The van der Waals surface area contributed by atoms with Gasteiger partial charge in [-0.15, -0.1) is 11.8 Å². The minimum Gasteiger partial charge on any atom is -0.481 e. The lowest BCUT2D eigenvalue weighted by molar-refractivity contribution is -0.133. The largest absolute Gasteiger partial charge is 0.481 e. The number of aromatic amines is 1. The first-order valence-corrected chi connectivity index (χ1v) is 6.32. The number of H-pyrrole nitrogens is 1. The van der Waals surface area contributed by atoms with Crippen LogP contribution in [0.4, 0.5) is 5.82 Å². The fourth-order valence-corrected chi connectivity index (χ4v) is 2.37. The van der Waals surface area contributed by atoms with Crippen molar-refractivity contribution in [2.45, 2.75) is 6.42 Å². The predicted octanol–water partition coefficient (Wildman–Crippen LogP) is -0.480. The molecule has 2 rings (SSSR count). The first kappa shape index (κ1) is 12.6. The topological polar surface area (TPSA) is 105 Å². The molecule has 0 radical (unpaired) electrons. The SMILES string of the molecule is Cn1c2c(c(=O)[nH]c1=O)CC(CSCC(=O)O)=N2. The van der Waals surface area contributed by atoms with Gasteiger partial charge in [-0.05, 0) is 0 Å². The summed E-state index contributed by atoms with van der Waals surface area (Å²) in [6.07, 6.45) is 0.366. The molecule has 18 heavy (non-hydrogen) atoms. The van der Waals surface area contributed by atoms with E-state index in [9.17, 15) is 14.4 Å². The monoisotopic (exact) mass is 269 g/mol. The summed E-state index contributed by atoms with van der Waals surface area (Å²) >= 11 is 1.22. The van der Waals surface area contributed by atoms with E-state index < -0.39 is 17.2 Å². The molecule has 8 heteroatoms. The number of carboxylic acids is 1. The molecule has 96 valence electrons. The molecule has 2 heterocycles. The summed E-state index contributed by atoms with van der Waals surface area (Å²) in [7, 11) is 1.54. The van der Waals surface area contributed by atoms with Crippen molar-refractivity contribution in [1.29, 1.82) is 0 Å². The zero-order valence-electron chi connectivity index (χ0n) is 9.60. The molecule has 0 aliphatic carbocycles. The quantitative estimate of drug-likeness (QED) is 0.768. The average Bonchev–Trinajstić information content (AvgIpc) is 2.70. The Hall–Kier alpha value is -1.83. The molecule has 1 aromatic rings. The molecule has 0 unspecified atom stereocenters. The summed E-state index contributed by atoms with van der Waals surface area (Å²) in [6.45, 7) is 0. The van der Waals surface area contributed by atoms with E-state index in [-0.39, 0.29) is 5.75 Å². The van der Waals surface area contributed by atoms with Crippen LogP contribution in [-0.4, -0.2) is 37.8 Å². The number of hydrogen-bond acceptors (Lipinski definition) is 5. The van der Waals surface area contributed by atoms with Gasteiger partial charge in [-0.25, -0.2) is 9.79 Å². The second kappa shape index (κ2) is 4.81. The van der Waals surface area contributed by atoms with Crippen molar-refractivity contribution in [1.82, 2.24) is 9.55 Å². The summed E-state index contributed by atoms with van der Waals surface area (Å²) in [5, 5.41) is 8.52. The van der Waals surface area contributed by atoms with Gasteiger partial charge < -0.3 is 5.11 Å². The van der Waals surface area contributed by atoms with Crippen molar-refractivity contribution in [3.05, 3.63) is 26.4 Å². The van der Waals surface area contributed by atoms with E-state index in [1.807, 2.05) is 0 Å². The number of carboxylic acid groups (broad SMARTS) is 1. The Labute approximate surface area is 106 Å². The van der Waals surface area contributed by atoms with Crippen LogP contribution in [0.5, 0.6) is 0 Å². The average molecular weight is 269 g/mol. The zero-order chi connectivity index (χ0) is 13.3. The molecule has 1 aliphatic heterocycles. The molecular weight excluding hydrogens is 258 g/mol. The highest BCUT2D eigenvalue weighted by Gasteiger charge is 2.21. The fourth-order valence-electron chi connectivity index (χ4n) is 1.69. The van der Waals surface area contributed by atoms with Gasteiger partial charge in [0.15, 0.2) is 0 Å². The van der Waals surface area contributed by atoms with Crippen molar-refractivity contribution in [2.75, 3.05) is 11.5 Å². The number of aliphatic imine (C=N–C) groups is 1. The Morgan fingerprint density at radius 3 is 2.94 bits per heavy atom. The van der Waals surface area contributed by atoms with Crippen LogP contribution in [0.15, 0.2) is 14.6 Å². The summed E-state index contributed by atoms with van der Waals surface area (Å²) in [5.74, 6) is -0.0877. The van der Waals surface area contributed by atoms with E-state index in [0.717, 1.165) is 0 Å². The minimum atomic E-state index is -0.888. The lowest BCUT2D eigenvalue weighted by Crippen LogP contribution is -2.29. The van der Waals surface area contributed by atoms with Crippen LogP contribution in [0.1, 0.15) is 5.56 Å². The van der Waals surface area contributed by atoms with Gasteiger partial charge in [0.25, 0.3) is 5.56 Å². The van der Waals surface area contributed by atoms with E-state index in [1.165, 1.54) is 23.4 Å². The molecule has 2 N–H and O–H groups in total. The molecule has 0 bridgehead atoms. The van der Waals surface area contributed by atoms with Gasteiger partial charge in [0.2, 0.25) is 0 Å². The van der Waals surface area contributed by atoms with Crippen LogP contribution >= 0.6 is 11.8 Å². The standard InChI is InChI=1S/C10H11N3O4S/c1-13-8-6(9(16)12-10(13)17)2-5(11-8)3-18-4-7(14)15/h2-4H2,1H3,(H,14,15)(H,12,16,17). The molecule has 0 spiro atoms. The number of carbonyl (C=O) groups is 1. The Morgan fingerprint density at radius 2 is 2.28 bits per heavy atom. The third-order valence-corrected chi connectivity index (χ3v) is 3.51. The fraction of sp³-hybridized carbons (Fsp3) is 0.400. The van der Waals surface area contributed by atoms with Crippen molar-refractivity contribution in [3.63, 3.8) is 0 Å². The number of thioether (sulfide) groups is 1. The van der Waals surface area contributed by atoms with Gasteiger partial charge in [0.05, 0.1) is 11.3 Å². The lowest BCUT2D eigenvalue weighted by atomic mass is 10.2. The number of fused-ring (bicyclic) bond motifs is 1. The molecule has 0 saturated carbocycles. The highest BCUT2D eigenvalue weighted by Crippen LogP contribution is 2.22. The molecule has 0 amide bonds. The molecular formula is C10H11N3O4S. The minimum absolute atomic E-state index is 0.00927. The predicted molar refractivity (Wildman–Crippen MR) is 68.1 cm³/mol. The van der Waals surface area contributed by atoms with Gasteiger partial charge in [-0.3, -0.25) is 19.1 Å². The maximum Gasteiger partial charge on any atom is 0.329 e. The molecule has 1 aromatic heterocycles. The van der Waals surface area contributed by atoms with E-state index in [4.69, 9.17) is 5.11 Å². The van der Waals surface area contributed by atoms with Gasteiger partial charge in [0, 0.05) is 24.9 Å². The molecule has 1 aliphatic rings. The molecule has 0 fully saturated rings. The Kier molecular flexibility index (Phi) is 3.37. The maximum atomic E-state index is 11.6. The van der Waals surface area contributed by atoms with Gasteiger partial charge in [-0.2, -0.15) is 0 Å². The van der Waals surface area contributed by atoms with Crippen LogP contribution in [0.25, 0.3) is 0 Å². The van der Waals surface area contributed by atoms with Crippen molar-refractivity contribution in [2.24, 2.45) is 12.0 Å². The molecule has 0 saturated heterocycles. The number of hydrogen-bond donors (Lipinski definition) is 2. The highest BCUT2D eigenvalue weighted by atomic mass is 32.2. The summed E-state index contributed by atoms with van der Waals surface area (Å²) in [4.78, 5) is 39.7. The lowest BCUT2D eigenvalue weighted by Gasteiger charge is -2.00. The summed E-state index contributed by atoms with van der Waals surface area (Å²) in [5.41, 5.74) is 0.253. The maximum absolute atomic E-state index is 11.6. The normalized spacial score (nSPS) is 13.3. The van der Waals surface area contributed by atoms with Crippen LogP contribution < -0.4 is 11.2 Å². The van der Waals surface area contributed by atoms with Gasteiger partial charge in [-0.1, -0.05) is 0 Å². The highest BCUT2D eigenvalue weighted by molar-refractivity contribution is 8.00. The second-order valence-electron chi connectivity index (χ2n) is 3.86. The second-order valence-corrected chi connectivity index (χ2v) is 4.85. The van der Waals surface area contributed by atoms with Crippen LogP contribution in [0.3, 0.4) is 0 Å². The zero-order valence-corrected chi connectivity index (χ0v) is 10.4. The number of nitrogens with one attached hydrogen (secondary N) is 1. The van der Waals surface area contributed by atoms with Crippen LogP contribution in [0.2, 0.25) is 0 Å². The van der Waals surface area contributed by atoms with Crippen molar-refractivity contribution >= 4 is 29.3 Å². The van der Waals surface area contributed by atoms with E-state index in [2.05, 4.69) is 9.98 Å². The number of aliphatic carboxylic acids is 1. The van der Waals surface area contributed by atoms with E-state index in [0.29, 0.717) is 29.3 Å². The van der Waals surface area contributed by atoms with Crippen LogP contribution in [0, 0.1) is 0 Å². The Bertz CT molecular complexity index is 644. The third-order valence-electron chi connectivity index (χ3n) is 2.53. The first-order valence-electron chi connectivity index (χ1n) is 5.17.